The van der Waals surface area contributed by atoms with E-state index < -0.39 is 59.8 Å². The molecular weight excluding hydrogens is 789 g/mol. The number of unbranched alkanes of at least 4 members (excludes halogenated alkanes) is 31. The van der Waals surface area contributed by atoms with Gasteiger partial charge < -0.3 is 34.3 Å². The molecule has 0 aliphatic carbocycles. The third-order valence-electron chi connectivity index (χ3n) is 11.7. The summed E-state index contributed by atoms with van der Waals surface area (Å²) in [6.07, 6.45) is 32.9. The Hall–Kier alpha value is -0.900. The van der Waals surface area contributed by atoms with Gasteiger partial charge in [0.2, 0.25) is 0 Å². The third kappa shape index (κ3) is 32.7. The standard InChI is InChI=1S/C47H92O12S/c1-3-5-7-9-11-13-15-16-17-18-19-20-21-22-23-24-25-26-27-28-30-32-34-36-43(49)57-41(39-55-37-35-33-31-29-14-12-10-8-6-4-2)40-56-47-45(51)46(59-60(52,53)54)44(50)42(38-48)58-47/h41-42,44-48,50-51H,3-40H2,1-2H3,(H,52,53,54). The largest absolute Gasteiger partial charge is 0.457 e. The normalized spacial score (nSPS) is 20.1. The zero-order chi connectivity index (χ0) is 43.9. The molecule has 60 heavy (non-hydrogen) atoms. The monoisotopic (exact) mass is 881 g/mol. The molecule has 1 aliphatic rings. The number of esters is 1. The van der Waals surface area contributed by atoms with Crippen LogP contribution in [0.2, 0.25) is 0 Å². The molecule has 13 heteroatoms. The molecule has 12 nitrogen and oxygen atoms in total. The van der Waals surface area contributed by atoms with Gasteiger partial charge in [-0.15, -0.1) is 0 Å². The number of carbonyl (C=O) groups is 1. The highest BCUT2D eigenvalue weighted by Gasteiger charge is 2.48. The molecule has 1 fully saturated rings. The van der Waals surface area contributed by atoms with Gasteiger partial charge in [-0.25, -0.2) is 4.18 Å². The topological polar surface area (TPSA) is 178 Å². The Morgan fingerprint density at radius 3 is 1.33 bits per heavy atom. The Morgan fingerprint density at radius 1 is 0.567 bits per heavy atom. The second kappa shape index (κ2) is 39.7. The fourth-order valence-corrected chi connectivity index (χ4v) is 8.48. The van der Waals surface area contributed by atoms with Crippen LogP contribution < -0.4 is 0 Å². The van der Waals surface area contributed by atoms with Gasteiger partial charge in [0, 0.05) is 13.0 Å². The number of hydrogen-bond donors (Lipinski definition) is 4. The van der Waals surface area contributed by atoms with Crippen LogP contribution in [0.4, 0.5) is 0 Å². The lowest BCUT2D eigenvalue weighted by Crippen LogP contribution is -2.60. The number of rotatable bonds is 44. The van der Waals surface area contributed by atoms with Gasteiger partial charge in [0.25, 0.3) is 0 Å². The zero-order valence-corrected chi connectivity index (χ0v) is 39.1. The van der Waals surface area contributed by atoms with E-state index in [4.69, 9.17) is 23.5 Å². The highest BCUT2D eigenvalue weighted by Crippen LogP contribution is 2.26. The fourth-order valence-electron chi connectivity index (χ4n) is 7.97. The van der Waals surface area contributed by atoms with Crippen molar-refractivity contribution in [1.29, 1.82) is 0 Å². The SMILES string of the molecule is CCCCCCCCCCCCCCCCCCCCCCCCCC(=O)OC(COCCCCCCCCCCCC)COC1OC(CO)C(O)C(OS(=O)(=O)O)C1O. The molecule has 6 atom stereocenters. The van der Waals surface area contributed by atoms with E-state index in [2.05, 4.69) is 18.0 Å². The van der Waals surface area contributed by atoms with Crippen LogP contribution >= 0.6 is 0 Å². The summed E-state index contributed by atoms with van der Waals surface area (Å²) < 4.78 is 59.1. The number of ether oxygens (including phenoxy) is 4. The van der Waals surface area contributed by atoms with E-state index >= 15 is 0 Å². The maximum Gasteiger partial charge on any atom is 0.397 e. The lowest BCUT2D eigenvalue weighted by atomic mass is 9.99. The van der Waals surface area contributed by atoms with E-state index in [9.17, 15) is 28.5 Å². The van der Waals surface area contributed by atoms with Gasteiger partial charge in [0.05, 0.1) is 19.8 Å². The van der Waals surface area contributed by atoms with Gasteiger partial charge in [-0.2, -0.15) is 8.42 Å². The van der Waals surface area contributed by atoms with E-state index in [0.717, 1.165) is 38.5 Å². The van der Waals surface area contributed by atoms with E-state index in [-0.39, 0.29) is 19.6 Å². The van der Waals surface area contributed by atoms with Crippen molar-refractivity contribution in [3.8, 4) is 0 Å². The smallest absolute Gasteiger partial charge is 0.397 e. The van der Waals surface area contributed by atoms with Crippen molar-refractivity contribution in [3.63, 3.8) is 0 Å². The molecule has 1 heterocycles. The van der Waals surface area contributed by atoms with Crippen molar-refractivity contribution in [3.05, 3.63) is 0 Å². The predicted octanol–water partition coefficient (Wildman–Crippen LogP) is 10.9. The number of hydrogen-bond acceptors (Lipinski definition) is 11. The van der Waals surface area contributed by atoms with Crippen LogP contribution in [0.3, 0.4) is 0 Å². The number of carbonyl (C=O) groups excluding carboxylic acids is 1. The Bertz CT molecular complexity index is 1060. The minimum absolute atomic E-state index is 0.0440. The summed E-state index contributed by atoms with van der Waals surface area (Å²) >= 11 is 0. The summed E-state index contributed by atoms with van der Waals surface area (Å²) in [6, 6.07) is 0. The van der Waals surface area contributed by atoms with E-state index in [1.807, 2.05) is 0 Å². The van der Waals surface area contributed by atoms with Crippen LogP contribution in [0.5, 0.6) is 0 Å². The Kier molecular flexibility index (Phi) is 37.8. The lowest BCUT2D eigenvalue weighted by Gasteiger charge is -2.41. The van der Waals surface area contributed by atoms with Gasteiger partial charge in [-0.05, 0) is 12.8 Å². The quantitative estimate of drug-likeness (QED) is 0.0259. The first-order valence-electron chi connectivity index (χ1n) is 24.8. The van der Waals surface area contributed by atoms with Crippen molar-refractivity contribution >= 4 is 16.4 Å². The molecule has 0 saturated carbocycles. The van der Waals surface area contributed by atoms with Gasteiger partial charge in [-0.1, -0.05) is 213 Å². The van der Waals surface area contributed by atoms with Crippen LogP contribution in [0.15, 0.2) is 0 Å². The minimum Gasteiger partial charge on any atom is -0.457 e. The van der Waals surface area contributed by atoms with Crippen LogP contribution in [-0.2, 0) is 38.3 Å². The molecule has 0 aromatic rings. The van der Waals surface area contributed by atoms with Crippen LogP contribution in [0, 0.1) is 0 Å². The second-order valence-corrected chi connectivity index (χ2v) is 18.5. The highest BCUT2D eigenvalue weighted by atomic mass is 32.3. The van der Waals surface area contributed by atoms with Crippen molar-refractivity contribution in [2.24, 2.45) is 0 Å². The highest BCUT2D eigenvalue weighted by molar-refractivity contribution is 7.80. The maximum atomic E-state index is 12.9. The van der Waals surface area contributed by atoms with E-state index in [0.29, 0.717) is 13.0 Å². The third-order valence-corrected chi connectivity index (χ3v) is 12.2. The maximum absolute atomic E-state index is 12.9. The van der Waals surface area contributed by atoms with E-state index in [1.54, 1.807) is 0 Å². The minimum atomic E-state index is -5.05. The summed E-state index contributed by atoms with van der Waals surface area (Å²) in [5, 5.41) is 30.7. The Labute approximate surface area is 366 Å². The van der Waals surface area contributed by atoms with Crippen molar-refractivity contribution < 1.29 is 56.2 Å². The molecule has 0 bridgehead atoms. The summed E-state index contributed by atoms with van der Waals surface area (Å²) in [5.74, 6) is -0.393. The average molecular weight is 881 g/mol. The van der Waals surface area contributed by atoms with Gasteiger partial charge in [0.1, 0.15) is 30.5 Å². The molecular formula is C47H92O12S. The summed E-state index contributed by atoms with van der Waals surface area (Å²) in [6.45, 7) is 4.02. The first kappa shape index (κ1) is 57.1. The predicted molar refractivity (Wildman–Crippen MR) is 239 cm³/mol. The molecule has 0 aromatic heterocycles. The van der Waals surface area contributed by atoms with Gasteiger partial charge in [-0.3, -0.25) is 9.35 Å². The molecule has 1 saturated heterocycles. The Morgan fingerprint density at radius 2 is 0.950 bits per heavy atom. The molecule has 4 N–H and O–H groups in total. The summed E-state index contributed by atoms with van der Waals surface area (Å²) in [5.41, 5.74) is 0. The fraction of sp³-hybridized carbons (Fsp3) is 0.979. The van der Waals surface area contributed by atoms with E-state index in [1.165, 1.54) is 167 Å². The first-order valence-corrected chi connectivity index (χ1v) is 26.2. The summed E-state index contributed by atoms with van der Waals surface area (Å²) in [7, 11) is -5.05. The van der Waals surface area contributed by atoms with Gasteiger partial charge >= 0.3 is 16.4 Å². The number of aliphatic hydroxyl groups is 3. The van der Waals surface area contributed by atoms with Crippen molar-refractivity contribution in [2.45, 2.75) is 269 Å². The number of aliphatic hydroxyl groups excluding tert-OH is 3. The van der Waals surface area contributed by atoms with Crippen LogP contribution in [0.1, 0.15) is 232 Å². The zero-order valence-electron chi connectivity index (χ0n) is 38.3. The van der Waals surface area contributed by atoms with Crippen LogP contribution in [0.25, 0.3) is 0 Å². The molecule has 1 rings (SSSR count). The molecule has 0 aromatic carbocycles. The molecule has 358 valence electrons. The van der Waals surface area contributed by atoms with Crippen molar-refractivity contribution in [1.82, 2.24) is 0 Å². The van der Waals surface area contributed by atoms with Crippen molar-refractivity contribution in [2.75, 3.05) is 26.4 Å². The molecule has 1 aliphatic heterocycles. The Balaban J connectivity index is 2.28. The van der Waals surface area contributed by atoms with Crippen LogP contribution in [-0.4, -0.2) is 97.5 Å². The molecule has 0 amide bonds. The summed E-state index contributed by atoms with van der Waals surface area (Å²) in [4.78, 5) is 12.9. The first-order chi connectivity index (χ1) is 29.1. The average Bonchev–Trinajstić information content (AvgIpc) is 3.22. The second-order valence-electron chi connectivity index (χ2n) is 17.4. The molecule has 6 unspecified atom stereocenters. The molecule has 0 spiro atoms. The molecule has 0 radical (unpaired) electrons. The van der Waals surface area contributed by atoms with Gasteiger partial charge in [0.15, 0.2) is 6.29 Å². The lowest BCUT2D eigenvalue weighted by molar-refractivity contribution is -0.301.